The molecule has 2 aromatic carbocycles. The Kier molecular flexibility index (Phi) is 4.86. The van der Waals surface area contributed by atoms with E-state index in [0.717, 1.165) is 0 Å². The highest BCUT2D eigenvalue weighted by atomic mass is 19.1. The van der Waals surface area contributed by atoms with Crippen LogP contribution in [-0.2, 0) is 0 Å². The van der Waals surface area contributed by atoms with Gasteiger partial charge in [-0.05, 0) is 37.3 Å². The van der Waals surface area contributed by atoms with Crippen molar-refractivity contribution >= 4 is 17.4 Å². The number of carbonyl (C=O) groups is 1. The van der Waals surface area contributed by atoms with Gasteiger partial charge in [-0.2, -0.15) is 5.26 Å². The van der Waals surface area contributed by atoms with Gasteiger partial charge in [0.2, 0.25) is 11.7 Å². The number of carbonyl (C=O) groups excluding carboxylic acids is 1. The Morgan fingerprint density at radius 3 is 2.26 bits per heavy atom. The molecule has 0 aliphatic carbocycles. The van der Waals surface area contributed by atoms with Crippen LogP contribution in [-0.4, -0.2) is 15.8 Å². The van der Waals surface area contributed by atoms with Gasteiger partial charge in [0.25, 0.3) is 0 Å². The van der Waals surface area contributed by atoms with E-state index in [1.165, 1.54) is 6.07 Å². The third kappa shape index (κ3) is 3.93. The fraction of sp³-hybridized carbons (Fsp3) is 0.0526. The van der Waals surface area contributed by atoms with E-state index >= 15 is 0 Å². The number of aryl methyl sites for hydroxylation is 1. The van der Waals surface area contributed by atoms with Crippen molar-refractivity contribution in [1.29, 1.82) is 5.26 Å². The Bertz CT molecular complexity index is 1050. The van der Waals surface area contributed by atoms with Crippen LogP contribution in [0.3, 0.4) is 0 Å². The molecule has 0 aliphatic heterocycles. The van der Waals surface area contributed by atoms with Crippen molar-refractivity contribution in [1.82, 2.24) is 9.97 Å². The van der Waals surface area contributed by atoms with E-state index in [0.29, 0.717) is 29.1 Å². The summed E-state index contributed by atoms with van der Waals surface area (Å²) in [5.74, 6) is -4.74. The number of anilines is 2. The van der Waals surface area contributed by atoms with Gasteiger partial charge >= 0.3 is 0 Å². The maximum absolute atomic E-state index is 13.9. The van der Waals surface area contributed by atoms with Crippen LogP contribution in [0.25, 0.3) is 0 Å². The largest absolute Gasteiger partial charge is 0.324 e. The first-order chi connectivity index (χ1) is 12.9. The van der Waals surface area contributed by atoms with E-state index in [9.17, 15) is 18.0 Å². The summed E-state index contributed by atoms with van der Waals surface area (Å²) in [7, 11) is 0. The Labute approximate surface area is 152 Å². The van der Waals surface area contributed by atoms with Gasteiger partial charge in [-0.25, -0.2) is 23.1 Å². The van der Waals surface area contributed by atoms with Crippen molar-refractivity contribution < 1.29 is 18.0 Å². The second kappa shape index (κ2) is 7.25. The zero-order valence-corrected chi connectivity index (χ0v) is 13.9. The van der Waals surface area contributed by atoms with Crippen LogP contribution in [0, 0.1) is 35.7 Å². The average molecular weight is 368 g/mol. The fourth-order valence-electron chi connectivity index (χ4n) is 2.39. The third-order valence-electron chi connectivity index (χ3n) is 3.59. The van der Waals surface area contributed by atoms with Crippen LogP contribution in [0.1, 0.15) is 27.3 Å². The lowest BCUT2D eigenvalue weighted by atomic mass is 10.1. The summed E-state index contributed by atoms with van der Waals surface area (Å²) in [6.45, 7) is 1.58. The summed E-state index contributed by atoms with van der Waals surface area (Å²) in [6.07, 6.45) is 0. The summed E-state index contributed by atoms with van der Waals surface area (Å²) in [5.41, 5.74) is 0.260. The van der Waals surface area contributed by atoms with Crippen LogP contribution < -0.4 is 5.32 Å². The van der Waals surface area contributed by atoms with E-state index < -0.39 is 28.8 Å². The quantitative estimate of drug-likeness (QED) is 0.703. The first-order valence-corrected chi connectivity index (χ1v) is 7.69. The number of ketones is 1. The van der Waals surface area contributed by atoms with E-state index in [2.05, 4.69) is 15.3 Å². The molecule has 0 atom stereocenters. The molecule has 0 unspecified atom stereocenters. The van der Waals surface area contributed by atoms with Gasteiger partial charge in [0.05, 0.1) is 17.2 Å². The highest BCUT2D eigenvalue weighted by Gasteiger charge is 2.22. The monoisotopic (exact) mass is 368 g/mol. The molecule has 0 bridgehead atoms. The molecule has 0 saturated heterocycles. The predicted molar refractivity (Wildman–Crippen MR) is 91.0 cm³/mol. The first-order valence-electron chi connectivity index (χ1n) is 7.69. The smallest absolute Gasteiger partial charge is 0.228 e. The van der Waals surface area contributed by atoms with E-state index in [4.69, 9.17) is 5.26 Å². The van der Waals surface area contributed by atoms with Gasteiger partial charge in [0.15, 0.2) is 0 Å². The summed E-state index contributed by atoms with van der Waals surface area (Å²) in [5, 5.41) is 11.7. The van der Waals surface area contributed by atoms with E-state index in [1.807, 2.05) is 6.07 Å². The molecule has 0 spiro atoms. The molecule has 0 radical (unpaired) electrons. The van der Waals surface area contributed by atoms with Gasteiger partial charge in [-0.3, -0.25) is 4.79 Å². The summed E-state index contributed by atoms with van der Waals surface area (Å²) in [4.78, 5) is 20.6. The number of nitriles is 1. The topological polar surface area (TPSA) is 78.7 Å². The number of hydrogen-bond acceptors (Lipinski definition) is 5. The molecule has 0 fully saturated rings. The van der Waals surface area contributed by atoms with Crippen molar-refractivity contribution in [2.24, 2.45) is 0 Å². The van der Waals surface area contributed by atoms with Crippen LogP contribution in [0.15, 0.2) is 42.5 Å². The molecule has 27 heavy (non-hydrogen) atoms. The SMILES string of the molecule is Cc1cc(C(=O)c2c(F)cc(F)cc2F)nc(Nc2ccc(C#N)cc2)n1. The summed E-state index contributed by atoms with van der Waals surface area (Å²) < 4.78 is 40.8. The Balaban J connectivity index is 1.95. The minimum Gasteiger partial charge on any atom is -0.324 e. The number of nitrogens with one attached hydrogen (secondary N) is 1. The summed E-state index contributed by atoms with van der Waals surface area (Å²) in [6, 6.07) is 10.5. The number of halogens is 3. The number of hydrogen-bond donors (Lipinski definition) is 1. The normalized spacial score (nSPS) is 10.3. The molecular weight excluding hydrogens is 357 g/mol. The second-order valence-corrected chi connectivity index (χ2v) is 5.61. The minimum atomic E-state index is -1.31. The molecule has 8 heteroatoms. The Morgan fingerprint density at radius 1 is 1.04 bits per heavy atom. The van der Waals surface area contributed by atoms with Gasteiger partial charge in [0.1, 0.15) is 23.1 Å². The molecule has 1 aromatic heterocycles. The molecule has 0 aliphatic rings. The number of aromatic nitrogens is 2. The standard InChI is InChI=1S/C19H11F3N4O/c1-10-6-16(18(27)17-14(21)7-12(20)8-15(17)22)26-19(24-10)25-13-4-2-11(9-23)3-5-13/h2-8H,1H3,(H,24,25,26). The van der Waals surface area contributed by atoms with E-state index in [1.54, 1.807) is 31.2 Å². The van der Waals surface area contributed by atoms with Crippen molar-refractivity contribution in [2.75, 3.05) is 5.32 Å². The molecule has 0 saturated carbocycles. The lowest BCUT2D eigenvalue weighted by Gasteiger charge is -2.09. The second-order valence-electron chi connectivity index (χ2n) is 5.61. The fourth-order valence-corrected chi connectivity index (χ4v) is 2.39. The Hall–Kier alpha value is -3.73. The van der Waals surface area contributed by atoms with Crippen LogP contribution in [0.5, 0.6) is 0 Å². The number of nitrogens with zero attached hydrogens (tertiary/aromatic N) is 3. The minimum absolute atomic E-state index is 0.0333. The van der Waals surface area contributed by atoms with Crippen molar-refractivity contribution in [3.8, 4) is 6.07 Å². The number of benzene rings is 2. The van der Waals surface area contributed by atoms with Crippen molar-refractivity contribution in [2.45, 2.75) is 6.92 Å². The van der Waals surface area contributed by atoms with Gasteiger partial charge < -0.3 is 5.32 Å². The highest BCUT2D eigenvalue weighted by Crippen LogP contribution is 2.20. The maximum atomic E-state index is 13.9. The van der Waals surface area contributed by atoms with Gasteiger partial charge in [-0.1, -0.05) is 0 Å². The molecule has 134 valence electrons. The van der Waals surface area contributed by atoms with Gasteiger partial charge in [0, 0.05) is 23.5 Å². The van der Waals surface area contributed by atoms with Crippen molar-refractivity contribution in [3.05, 3.63) is 82.4 Å². The zero-order valence-electron chi connectivity index (χ0n) is 13.9. The molecule has 1 N–H and O–H groups in total. The molecule has 5 nitrogen and oxygen atoms in total. The third-order valence-corrected chi connectivity index (χ3v) is 3.59. The van der Waals surface area contributed by atoms with Gasteiger partial charge in [-0.15, -0.1) is 0 Å². The molecule has 3 aromatic rings. The Morgan fingerprint density at radius 2 is 1.67 bits per heavy atom. The molecule has 3 rings (SSSR count). The van der Waals surface area contributed by atoms with Crippen LogP contribution in [0.4, 0.5) is 24.8 Å². The van der Waals surface area contributed by atoms with Crippen LogP contribution in [0.2, 0.25) is 0 Å². The first kappa shape index (κ1) is 18.1. The maximum Gasteiger partial charge on any atom is 0.228 e. The van der Waals surface area contributed by atoms with Crippen LogP contribution >= 0.6 is 0 Å². The molecular formula is C19H11F3N4O. The number of rotatable bonds is 4. The molecule has 1 heterocycles. The summed E-state index contributed by atoms with van der Waals surface area (Å²) >= 11 is 0. The van der Waals surface area contributed by atoms with Crippen molar-refractivity contribution in [3.63, 3.8) is 0 Å². The lowest BCUT2D eigenvalue weighted by molar-refractivity contribution is 0.102. The van der Waals surface area contributed by atoms with E-state index in [-0.39, 0.29) is 11.6 Å². The lowest BCUT2D eigenvalue weighted by Crippen LogP contribution is -2.12. The zero-order chi connectivity index (χ0) is 19.6. The average Bonchev–Trinajstić information content (AvgIpc) is 2.61. The highest BCUT2D eigenvalue weighted by molar-refractivity contribution is 6.08. The predicted octanol–water partition coefficient (Wildman–Crippen LogP) is 4.05. The molecule has 0 amide bonds.